The quantitative estimate of drug-likeness (QED) is 0.803. The van der Waals surface area contributed by atoms with E-state index < -0.39 is 6.09 Å². The Labute approximate surface area is 134 Å². The van der Waals surface area contributed by atoms with Gasteiger partial charge in [-0.1, -0.05) is 18.7 Å². The van der Waals surface area contributed by atoms with E-state index in [0.29, 0.717) is 30.2 Å². The summed E-state index contributed by atoms with van der Waals surface area (Å²) >= 11 is 0. The van der Waals surface area contributed by atoms with Crippen LogP contribution in [-0.4, -0.2) is 12.6 Å². The van der Waals surface area contributed by atoms with Crippen molar-refractivity contribution in [3.8, 4) is 11.5 Å². The summed E-state index contributed by atoms with van der Waals surface area (Å²) in [5.41, 5.74) is 1.05. The molecule has 4 nitrogen and oxygen atoms in total. The van der Waals surface area contributed by atoms with Crippen LogP contribution in [0, 0.1) is 5.82 Å². The van der Waals surface area contributed by atoms with Gasteiger partial charge in [-0.05, 0) is 55.3 Å². The van der Waals surface area contributed by atoms with Gasteiger partial charge in [0.25, 0.3) is 0 Å². The van der Waals surface area contributed by atoms with Crippen molar-refractivity contribution in [2.45, 2.75) is 13.3 Å². The van der Waals surface area contributed by atoms with Gasteiger partial charge in [0.1, 0.15) is 17.3 Å². The molecule has 1 N–H and O–H groups in total. The van der Waals surface area contributed by atoms with Gasteiger partial charge in [-0.3, -0.25) is 0 Å². The Kier molecular flexibility index (Phi) is 5.74. The highest BCUT2D eigenvalue weighted by Gasteiger charge is 2.02. The predicted octanol–water partition coefficient (Wildman–Crippen LogP) is 4.42. The van der Waals surface area contributed by atoms with Crippen LogP contribution in [0.25, 0.3) is 0 Å². The Hall–Kier alpha value is -2.82. The molecule has 0 saturated heterocycles. The van der Waals surface area contributed by atoms with Gasteiger partial charge in [0, 0.05) is 6.54 Å². The summed E-state index contributed by atoms with van der Waals surface area (Å²) in [5, 5.41) is 2.63. The molecule has 0 radical (unpaired) electrons. The molecule has 0 saturated carbocycles. The third-order valence-electron chi connectivity index (χ3n) is 2.92. The maximum Gasteiger partial charge on any atom is 0.412 e. The van der Waals surface area contributed by atoms with Crippen molar-refractivity contribution in [1.82, 2.24) is 5.32 Å². The number of carbonyl (C=O) groups excluding carboxylic acids is 1. The van der Waals surface area contributed by atoms with Gasteiger partial charge in [-0.15, -0.1) is 0 Å². The lowest BCUT2D eigenvalue weighted by Gasteiger charge is -2.08. The minimum absolute atomic E-state index is 0.301. The number of halogens is 1. The molecule has 2 aromatic rings. The number of amides is 1. The van der Waals surface area contributed by atoms with Gasteiger partial charge < -0.3 is 14.8 Å². The van der Waals surface area contributed by atoms with E-state index in [1.807, 2.05) is 24.3 Å². The van der Waals surface area contributed by atoms with Crippen LogP contribution in [0.5, 0.6) is 11.5 Å². The monoisotopic (exact) mass is 315 g/mol. The third kappa shape index (κ3) is 5.82. The number of alkyl carbamates (subject to hydrolysis) is 1. The molecule has 120 valence electrons. The molecule has 1 amide bonds. The summed E-state index contributed by atoms with van der Waals surface area (Å²) in [7, 11) is 0. The predicted molar refractivity (Wildman–Crippen MR) is 85.9 cm³/mol. The second kappa shape index (κ2) is 7.98. The average molecular weight is 315 g/mol. The standard InChI is InChI=1S/C18H18FNO3/c1-13(2)22-18(21)20-12-11-14-3-7-16(8-4-14)23-17-9-5-15(19)6-10-17/h3-10H,1,11-12H2,2H3,(H,20,21). The van der Waals surface area contributed by atoms with Crippen molar-refractivity contribution in [3.63, 3.8) is 0 Å². The lowest BCUT2D eigenvalue weighted by Crippen LogP contribution is -2.25. The topological polar surface area (TPSA) is 47.6 Å². The van der Waals surface area contributed by atoms with E-state index in [2.05, 4.69) is 11.9 Å². The molecule has 2 rings (SSSR count). The minimum atomic E-state index is -0.506. The largest absolute Gasteiger partial charge is 0.457 e. The second-order valence-corrected chi connectivity index (χ2v) is 4.97. The van der Waals surface area contributed by atoms with Crippen LogP contribution in [0.4, 0.5) is 9.18 Å². The van der Waals surface area contributed by atoms with Gasteiger partial charge in [0.05, 0.1) is 5.76 Å². The Morgan fingerprint density at radius 1 is 1.09 bits per heavy atom. The summed E-state index contributed by atoms with van der Waals surface area (Å²) in [6.07, 6.45) is 0.163. The smallest absolute Gasteiger partial charge is 0.412 e. The minimum Gasteiger partial charge on any atom is -0.457 e. The first kappa shape index (κ1) is 16.5. The number of allylic oxidation sites excluding steroid dienone is 1. The zero-order valence-corrected chi connectivity index (χ0v) is 12.8. The fourth-order valence-electron chi connectivity index (χ4n) is 1.87. The number of hydrogen-bond donors (Lipinski definition) is 1. The average Bonchev–Trinajstić information content (AvgIpc) is 2.50. The van der Waals surface area contributed by atoms with Crippen molar-refractivity contribution >= 4 is 6.09 Å². The normalized spacial score (nSPS) is 10.0. The van der Waals surface area contributed by atoms with E-state index in [-0.39, 0.29) is 5.82 Å². The highest BCUT2D eigenvalue weighted by Crippen LogP contribution is 2.21. The van der Waals surface area contributed by atoms with Crippen LogP contribution in [0.15, 0.2) is 60.9 Å². The lowest BCUT2D eigenvalue weighted by atomic mass is 10.1. The summed E-state index contributed by atoms with van der Waals surface area (Å²) < 4.78 is 23.2. The Morgan fingerprint density at radius 3 is 2.22 bits per heavy atom. The molecular formula is C18H18FNO3. The number of carbonyl (C=O) groups is 1. The van der Waals surface area contributed by atoms with Crippen LogP contribution < -0.4 is 10.1 Å². The van der Waals surface area contributed by atoms with Crippen molar-refractivity contribution in [1.29, 1.82) is 0 Å². The molecule has 0 unspecified atom stereocenters. The Balaban J connectivity index is 1.81. The second-order valence-electron chi connectivity index (χ2n) is 4.97. The maximum absolute atomic E-state index is 12.8. The number of hydrogen-bond acceptors (Lipinski definition) is 3. The maximum atomic E-state index is 12.8. The van der Waals surface area contributed by atoms with Crippen molar-refractivity contribution in [2.75, 3.05) is 6.54 Å². The van der Waals surface area contributed by atoms with Crippen molar-refractivity contribution < 1.29 is 18.7 Å². The van der Waals surface area contributed by atoms with E-state index >= 15 is 0 Å². The molecule has 0 heterocycles. The van der Waals surface area contributed by atoms with E-state index in [1.54, 1.807) is 19.1 Å². The summed E-state index contributed by atoms with van der Waals surface area (Å²) in [6, 6.07) is 13.3. The zero-order chi connectivity index (χ0) is 16.7. The number of benzene rings is 2. The Morgan fingerprint density at radius 2 is 1.65 bits per heavy atom. The van der Waals surface area contributed by atoms with Crippen LogP contribution in [0.1, 0.15) is 12.5 Å². The number of ether oxygens (including phenoxy) is 2. The lowest BCUT2D eigenvalue weighted by molar-refractivity contribution is 0.177. The van der Waals surface area contributed by atoms with E-state index in [0.717, 1.165) is 5.56 Å². The molecule has 2 aromatic carbocycles. The van der Waals surface area contributed by atoms with Gasteiger partial charge in [-0.2, -0.15) is 0 Å². The van der Waals surface area contributed by atoms with Crippen LogP contribution in [0.2, 0.25) is 0 Å². The number of rotatable bonds is 6. The summed E-state index contributed by atoms with van der Waals surface area (Å²) in [6.45, 7) is 5.57. The fourth-order valence-corrected chi connectivity index (χ4v) is 1.87. The van der Waals surface area contributed by atoms with Crippen molar-refractivity contribution in [2.24, 2.45) is 0 Å². The van der Waals surface area contributed by atoms with Crippen molar-refractivity contribution in [3.05, 3.63) is 72.2 Å². The molecule has 0 fully saturated rings. The first-order chi connectivity index (χ1) is 11.0. The molecule has 0 atom stereocenters. The molecule has 0 aliphatic carbocycles. The van der Waals surface area contributed by atoms with E-state index in [4.69, 9.17) is 9.47 Å². The van der Waals surface area contributed by atoms with E-state index in [1.165, 1.54) is 12.1 Å². The molecule has 0 spiro atoms. The molecule has 0 aliphatic rings. The van der Waals surface area contributed by atoms with Crippen LogP contribution >= 0.6 is 0 Å². The third-order valence-corrected chi connectivity index (χ3v) is 2.92. The zero-order valence-electron chi connectivity index (χ0n) is 12.8. The highest BCUT2D eigenvalue weighted by molar-refractivity contribution is 5.68. The van der Waals surface area contributed by atoms with Gasteiger partial charge >= 0.3 is 6.09 Å². The molecular weight excluding hydrogens is 297 g/mol. The fraction of sp³-hybridized carbons (Fsp3) is 0.167. The SMILES string of the molecule is C=C(C)OC(=O)NCCc1ccc(Oc2ccc(F)cc2)cc1. The van der Waals surface area contributed by atoms with E-state index in [9.17, 15) is 9.18 Å². The van der Waals surface area contributed by atoms with Gasteiger partial charge in [0.15, 0.2) is 0 Å². The summed E-state index contributed by atoms with van der Waals surface area (Å²) in [5.74, 6) is 1.29. The molecule has 0 aromatic heterocycles. The first-order valence-corrected chi connectivity index (χ1v) is 7.16. The van der Waals surface area contributed by atoms with Gasteiger partial charge in [0.2, 0.25) is 0 Å². The molecule has 5 heteroatoms. The molecule has 0 bridgehead atoms. The van der Waals surface area contributed by atoms with Crippen LogP contribution in [-0.2, 0) is 11.2 Å². The molecule has 23 heavy (non-hydrogen) atoms. The first-order valence-electron chi connectivity index (χ1n) is 7.16. The Bertz CT molecular complexity index is 666. The molecule has 0 aliphatic heterocycles. The highest BCUT2D eigenvalue weighted by atomic mass is 19.1. The summed E-state index contributed by atoms with van der Waals surface area (Å²) in [4.78, 5) is 11.3. The number of nitrogens with one attached hydrogen (secondary N) is 1. The van der Waals surface area contributed by atoms with Gasteiger partial charge in [-0.25, -0.2) is 9.18 Å². The van der Waals surface area contributed by atoms with Crippen LogP contribution in [0.3, 0.4) is 0 Å².